The molecule has 1 aliphatic carbocycles. The van der Waals surface area contributed by atoms with Crippen molar-refractivity contribution in [3.63, 3.8) is 0 Å². The third kappa shape index (κ3) is 7.26. The van der Waals surface area contributed by atoms with Crippen LogP contribution in [0.15, 0.2) is 22.8 Å². The third-order valence-electron chi connectivity index (χ3n) is 4.61. The summed E-state index contributed by atoms with van der Waals surface area (Å²) < 4.78 is 0.814. The second-order valence-electron chi connectivity index (χ2n) is 6.80. The van der Waals surface area contributed by atoms with Crippen LogP contribution in [0.25, 0.3) is 0 Å². The fraction of sp³-hybridized carbons (Fsp3) is 0.556. The van der Waals surface area contributed by atoms with Crippen molar-refractivity contribution >= 4 is 39.6 Å². The average molecular weight is 440 g/mol. The number of amides is 4. The SMILES string of the molecule is CC(C(=O)NC(=O)NC1CCCCC1)N(C)CC(=O)Nc1ccc(Br)cn1. The van der Waals surface area contributed by atoms with Gasteiger partial charge in [-0.3, -0.25) is 19.8 Å². The molecule has 9 heteroatoms. The van der Waals surface area contributed by atoms with Crippen LogP contribution in [0.3, 0.4) is 0 Å². The number of aromatic nitrogens is 1. The number of anilines is 1. The molecule has 0 bridgehead atoms. The molecule has 148 valence electrons. The highest BCUT2D eigenvalue weighted by atomic mass is 79.9. The molecule has 1 saturated carbocycles. The smallest absolute Gasteiger partial charge is 0.321 e. The topological polar surface area (TPSA) is 103 Å². The van der Waals surface area contributed by atoms with Crippen molar-refractivity contribution in [2.24, 2.45) is 0 Å². The van der Waals surface area contributed by atoms with Gasteiger partial charge in [0.2, 0.25) is 11.8 Å². The Hall–Kier alpha value is -2.00. The van der Waals surface area contributed by atoms with Crippen LogP contribution in [0, 0.1) is 0 Å². The number of rotatable bonds is 6. The van der Waals surface area contributed by atoms with E-state index in [1.807, 2.05) is 0 Å². The van der Waals surface area contributed by atoms with E-state index in [4.69, 9.17) is 0 Å². The van der Waals surface area contributed by atoms with Gasteiger partial charge in [0.1, 0.15) is 5.82 Å². The fourth-order valence-electron chi connectivity index (χ4n) is 2.88. The molecule has 1 unspecified atom stereocenters. The maximum atomic E-state index is 12.3. The number of nitrogens with one attached hydrogen (secondary N) is 3. The number of halogens is 1. The molecule has 2 rings (SSSR count). The summed E-state index contributed by atoms with van der Waals surface area (Å²) in [6.45, 7) is 1.64. The molecular formula is C18H26BrN5O3. The molecule has 0 saturated heterocycles. The maximum absolute atomic E-state index is 12.3. The first-order chi connectivity index (χ1) is 12.8. The fourth-order valence-corrected chi connectivity index (χ4v) is 3.12. The van der Waals surface area contributed by atoms with Crippen LogP contribution in [-0.4, -0.2) is 53.4 Å². The Morgan fingerprint density at radius 2 is 1.96 bits per heavy atom. The number of imide groups is 1. The quantitative estimate of drug-likeness (QED) is 0.630. The molecule has 1 fully saturated rings. The molecule has 3 N–H and O–H groups in total. The van der Waals surface area contributed by atoms with Crippen LogP contribution in [0.2, 0.25) is 0 Å². The second-order valence-corrected chi connectivity index (χ2v) is 7.71. The van der Waals surface area contributed by atoms with Gasteiger partial charge < -0.3 is 10.6 Å². The molecule has 8 nitrogen and oxygen atoms in total. The minimum absolute atomic E-state index is 0.00340. The van der Waals surface area contributed by atoms with E-state index in [2.05, 4.69) is 36.9 Å². The molecule has 0 spiro atoms. The summed E-state index contributed by atoms with van der Waals surface area (Å²) in [6.07, 6.45) is 6.86. The van der Waals surface area contributed by atoms with Gasteiger partial charge >= 0.3 is 6.03 Å². The first-order valence-electron chi connectivity index (χ1n) is 9.08. The molecule has 0 aliphatic heterocycles. The number of hydrogen-bond donors (Lipinski definition) is 3. The molecular weight excluding hydrogens is 414 g/mol. The predicted molar refractivity (Wildman–Crippen MR) is 106 cm³/mol. The first kappa shape index (κ1) is 21.3. The molecule has 0 radical (unpaired) electrons. The number of pyridine rings is 1. The normalized spacial score (nSPS) is 15.9. The minimum atomic E-state index is -0.634. The lowest BCUT2D eigenvalue weighted by molar-refractivity contribution is -0.125. The Bertz CT molecular complexity index is 661. The van der Waals surface area contributed by atoms with E-state index in [1.54, 1.807) is 37.2 Å². The van der Waals surface area contributed by atoms with Crippen LogP contribution in [0.4, 0.5) is 10.6 Å². The van der Waals surface area contributed by atoms with E-state index in [1.165, 1.54) is 6.42 Å². The highest BCUT2D eigenvalue weighted by Gasteiger charge is 2.23. The summed E-state index contributed by atoms with van der Waals surface area (Å²) in [5, 5.41) is 7.86. The molecule has 0 aromatic carbocycles. The Morgan fingerprint density at radius 3 is 2.59 bits per heavy atom. The van der Waals surface area contributed by atoms with Gasteiger partial charge in [-0.1, -0.05) is 19.3 Å². The van der Waals surface area contributed by atoms with Crippen molar-refractivity contribution in [3.8, 4) is 0 Å². The van der Waals surface area contributed by atoms with Crippen LogP contribution in [-0.2, 0) is 9.59 Å². The number of urea groups is 1. The number of nitrogens with zero attached hydrogens (tertiary/aromatic N) is 2. The zero-order chi connectivity index (χ0) is 19.8. The lowest BCUT2D eigenvalue weighted by atomic mass is 9.96. The largest absolute Gasteiger partial charge is 0.335 e. The van der Waals surface area contributed by atoms with Gasteiger partial charge in [-0.05, 0) is 54.9 Å². The van der Waals surface area contributed by atoms with Gasteiger partial charge in [-0.25, -0.2) is 9.78 Å². The lowest BCUT2D eigenvalue weighted by Gasteiger charge is -2.25. The van der Waals surface area contributed by atoms with Crippen molar-refractivity contribution < 1.29 is 14.4 Å². The van der Waals surface area contributed by atoms with Crippen molar-refractivity contribution in [3.05, 3.63) is 22.8 Å². The van der Waals surface area contributed by atoms with Crippen LogP contribution in [0.5, 0.6) is 0 Å². The Labute approximate surface area is 167 Å². The van der Waals surface area contributed by atoms with Crippen molar-refractivity contribution in [1.82, 2.24) is 20.5 Å². The number of carbonyl (C=O) groups excluding carboxylic acids is 3. The molecule has 27 heavy (non-hydrogen) atoms. The Morgan fingerprint density at radius 1 is 1.26 bits per heavy atom. The summed E-state index contributed by atoms with van der Waals surface area (Å²) in [4.78, 5) is 42.0. The Balaban J connectivity index is 1.76. The van der Waals surface area contributed by atoms with Gasteiger partial charge in [-0.2, -0.15) is 0 Å². The number of likely N-dealkylation sites (N-methyl/N-ethyl adjacent to an activating group) is 1. The molecule has 1 heterocycles. The van der Waals surface area contributed by atoms with E-state index < -0.39 is 18.0 Å². The van der Waals surface area contributed by atoms with Gasteiger partial charge in [0.15, 0.2) is 0 Å². The molecule has 1 atom stereocenters. The zero-order valence-electron chi connectivity index (χ0n) is 15.6. The summed E-state index contributed by atoms with van der Waals surface area (Å²) >= 11 is 3.28. The summed E-state index contributed by atoms with van der Waals surface area (Å²) in [5.74, 6) is -0.306. The molecule has 1 aliphatic rings. The minimum Gasteiger partial charge on any atom is -0.335 e. The standard InChI is InChI=1S/C18H26BrN5O3/c1-12(17(26)23-18(27)21-14-6-4-3-5-7-14)24(2)11-16(25)22-15-9-8-13(19)10-20-15/h8-10,12,14H,3-7,11H2,1-2H3,(H,20,22,25)(H2,21,23,26,27). The van der Waals surface area contributed by atoms with Crippen molar-refractivity contribution in [2.45, 2.75) is 51.1 Å². The van der Waals surface area contributed by atoms with Crippen LogP contribution >= 0.6 is 15.9 Å². The zero-order valence-corrected chi connectivity index (χ0v) is 17.2. The van der Waals surface area contributed by atoms with Gasteiger partial charge in [0.25, 0.3) is 0 Å². The number of carbonyl (C=O) groups is 3. The summed E-state index contributed by atoms with van der Waals surface area (Å²) in [7, 11) is 1.65. The number of hydrogen-bond acceptors (Lipinski definition) is 5. The van der Waals surface area contributed by atoms with Gasteiger partial charge in [0.05, 0.1) is 12.6 Å². The van der Waals surface area contributed by atoms with E-state index in [-0.39, 0.29) is 18.5 Å². The van der Waals surface area contributed by atoms with Crippen LogP contribution in [0.1, 0.15) is 39.0 Å². The van der Waals surface area contributed by atoms with E-state index in [0.717, 1.165) is 30.2 Å². The first-order valence-corrected chi connectivity index (χ1v) is 9.87. The monoisotopic (exact) mass is 439 g/mol. The summed E-state index contributed by atoms with van der Waals surface area (Å²) in [6, 6.07) is 2.46. The average Bonchev–Trinajstić information content (AvgIpc) is 2.63. The third-order valence-corrected chi connectivity index (χ3v) is 5.07. The van der Waals surface area contributed by atoms with Gasteiger partial charge in [0, 0.05) is 16.7 Å². The molecule has 1 aromatic heterocycles. The molecule has 4 amide bonds. The lowest BCUT2D eigenvalue weighted by Crippen LogP contribution is -2.51. The summed E-state index contributed by atoms with van der Waals surface area (Å²) in [5.41, 5.74) is 0. The predicted octanol–water partition coefficient (Wildman–Crippen LogP) is 2.26. The van der Waals surface area contributed by atoms with Crippen LogP contribution < -0.4 is 16.0 Å². The second kappa shape index (κ2) is 10.4. The van der Waals surface area contributed by atoms with Gasteiger partial charge in [-0.15, -0.1) is 0 Å². The highest BCUT2D eigenvalue weighted by Crippen LogP contribution is 2.17. The van der Waals surface area contributed by atoms with E-state index >= 15 is 0 Å². The highest BCUT2D eigenvalue weighted by molar-refractivity contribution is 9.10. The van der Waals surface area contributed by atoms with Crippen molar-refractivity contribution in [1.29, 1.82) is 0 Å². The van der Waals surface area contributed by atoms with E-state index in [0.29, 0.717) is 5.82 Å². The van der Waals surface area contributed by atoms with Crippen molar-refractivity contribution in [2.75, 3.05) is 18.9 Å². The van der Waals surface area contributed by atoms with E-state index in [9.17, 15) is 14.4 Å². The molecule has 1 aromatic rings. The maximum Gasteiger partial charge on any atom is 0.321 e. The Kier molecular flexibility index (Phi) is 8.18.